The maximum Gasteiger partial charge on any atom is 0.341 e. The highest BCUT2D eigenvalue weighted by atomic mass is 16.5. The van der Waals surface area contributed by atoms with Crippen LogP contribution in [-0.2, 0) is 11.2 Å². The molecule has 98 valence electrons. The minimum absolute atomic E-state index is 0.287. The lowest BCUT2D eigenvalue weighted by atomic mass is 10.1. The van der Waals surface area contributed by atoms with Crippen molar-refractivity contribution in [3.63, 3.8) is 0 Å². The topological polar surface area (TPSA) is 65.0 Å². The van der Waals surface area contributed by atoms with Crippen LogP contribution in [0.25, 0.3) is 0 Å². The third-order valence-corrected chi connectivity index (χ3v) is 2.24. The van der Waals surface area contributed by atoms with Gasteiger partial charge in [-0.3, -0.25) is 0 Å². The van der Waals surface area contributed by atoms with E-state index in [0.717, 1.165) is 5.56 Å². The van der Waals surface area contributed by atoms with E-state index in [9.17, 15) is 4.79 Å². The maximum absolute atomic E-state index is 10.5. The molecule has 1 N–H and O–H groups in total. The van der Waals surface area contributed by atoms with Crippen molar-refractivity contribution in [3.05, 3.63) is 30.4 Å². The first kappa shape index (κ1) is 13.9. The predicted molar refractivity (Wildman–Crippen MR) is 66.6 cm³/mol. The van der Waals surface area contributed by atoms with Gasteiger partial charge in [0.15, 0.2) is 18.1 Å². The highest BCUT2D eigenvalue weighted by molar-refractivity contribution is 5.69. The fourth-order valence-corrected chi connectivity index (χ4v) is 1.49. The molecule has 0 atom stereocenters. The SMILES string of the molecule is C=CCc1cc(OC)c(OCC(=O)O)c(OC)c1. The van der Waals surface area contributed by atoms with Crippen LogP contribution in [0.3, 0.4) is 0 Å². The van der Waals surface area contributed by atoms with Crippen molar-refractivity contribution in [3.8, 4) is 17.2 Å². The average Bonchev–Trinajstić information content (AvgIpc) is 2.36. The Morgan fingerprint density at radius 2 is 1.89 bits per heavy atom. The molecule has 0 spiro atoms. The molecule has 0 saturated heterocycles. The van der Waals surface area contributed by atoms with E-state index >= 15 is 0 Å². The van der Waals surface area contributed by atoms with Gasteiger partial charge in [-0.2, -0.15) is 0 Å². The average molecular weight is 252 g/mol. The number of hydrogen-bond donors (Lipinski definition) is 1. The van der Waals surface area contributed by atoms with Crippen LogP contribution >= 0.6 is 0 Å². The van der Waals surface area contributed by atoms with Crippen molar-refractivity contribution >= 4 is 5.97 Å². The molecule has 0 radical (unpaired) electrons. The molecule has 1 aromatic carbocycles. The van der Waals surface area contributed by atoms with E-state index in [4.69, 9.17) is 19.3 Å². The van der Waals surface area contributed by atoms with Crippen molar-refractivity contribution < 1.29 is 24.1 Å². The molecule has 0 bridgehead atoms. The second kappa shape index (κ2) is 6.54. The van der Waals surface area contributed by atoms with Gasteiger partial charge in [0.1, 0.15) is 0 Å². The fraction of sp³-hybridized carbons (Fsp3) is 0.308. The van der Waals surface area contributed by atoms with Crippen molar-refractivity contribution in [1.82, 2.24) is 0 Å². The van der Waals surface area contributed by atoms with Crippen molar-refractivity contribution in [1.29, 1.82) is 0 Å². The maximum atomic E-state index is 10.5. The minimum Gasteiger partial charge on any atom is -0.493 e. The van der Waals surface area contributed by atoms with E-state index in [1.807, 2.05) is 0 Å². The molecule has 0 fully saturated rings. The first-order valence-electron chi connectivity index (χ1n) is 5.32. The van der Waals surface area contributed by atoms with Crippen molar-refractivity contribution in [2.45, 2.75) is 6.42 Å². The van der Waals surface area contributed by atoms with Crippen LogP contribution in [-0.4, -0.2) is 31.9 Å². The van der Waals surface area contributed by atoms with Gasteiger partial charge in [0.2, 0.25) is 5.75 Å². The molecule has 0 heterocycles. The Bertz CT molecular complexity index is 414. The van der Waals surface area contributed by atoms with Crippen LogP contribution in [0, 0.1) is 0 Å². The summed E-state index contributed by atoms with van der Waals surface area (Å²) in [6.07, 6.45) is 2.41. The molecule has 1 aromatic rings. The molecule has 5 heteroatoms. The molecule has 0 aliphatic rings. The summed E-state index contributed by atoms with van der Waals surface area (Å²) >= 11 is 0. The summed E-state index contributed by atoms with van der Waals surface area (Å²) in [5.74, 6) is 0.101. The normalized spacial score (nSPS) is 9.67. The van der Waals surface area contributed by atoms with E-state index < -0.39 is 12.6 Å². The van der Waals surface area contributed by atoms with Crippen LogP contribution in [0.4, 0.5) is 0 Å². The van der Waals surface area contributed by atoms with E-state index in [0.29, 0.717) is 17.9 Å². The molecule has 1 rings (SSSR count). The Kier molecular flexibility index (Phi) is 5.05. The summed E-state index contributed by atoms with van der Waals surface area (Å²) in [4.78, 5) is 10.5. The van der Waals surface area contributed by atoms with Gasteiger partial charge in [-0.1, -0.05) is 6.08 Å². The molecular formula is C13H16O5. The van der Waals surface area contributed by atoms with Crippen LogP contribution in [0.1, 0.15) is 5.56 Å². The van der Waals surface area contributed by atoms with Gasteiger partial charge in [0.05, 0.1) is 14.2 Å². The largest absolute Gasteiger partial charge is 0.493 e. The van der Waals surface area contributed by atoms with Crippen LogP contribution in [0.15, 0.2) is 24.8 Å². The van der Waals surface area contributed by atoms with E-state index in [1.54, 1.807) is 18.2 Å². The number of ether oxygens (including phenoxy) is 3. The van der Waals surface area contributed by atoms with Gasteiger partial charge < -0.3 is 19.3 Å². The van der Waals surface area contributed by atoms with Gasteiger partial charge >= 0.3 is 5.97 Å². The Labute approximate surface area is 106 Å². The van der Waals surface area contributed by atoms with Crippen LogP contribution in [0.5, 0.6) is 17.2 Å². The summed E-state index contributed by atoms with van der Waals surface area (Å²) in [5.41, 5.74) is 0.946. The number of benzene rings is 1. The molecular weight excluding hydrogens is 236 g/mol. The number of carbonyl (C=O) groups is 1. The van der Waals surface area contributed by atoms with E-state index in [2.05, 4.69) is 6.58 Å². The Hall–Kier alpha value is -2.17. The Balaban J connectivity index is 3.12. The van der Waals surface area contributed by atoms with Gasteiger partial charge in [-0.15, -0.1) is 6.58 Å². The first-order chi connectivity index (χ1) is 8.62. The summed E-state index contributed by atoms with van der Waals surface area (Å²) in [6, 6.07) is 3.53. The smallest absolute Gasteiger partial charge is 0.341 e. The standard InChI is InChI=1S/C13H16O5/c1-4-5-9-6-10(16-2)13(11(7-9)17-3)18-8-12(14)15/h4,6-7H,1,5,8H2,2-3H3,(H,14,15). The van der Waals surface area contributed by atoms with Gasteiger partial charge in [0, 0.05) is 0 Å². The molecule has 0 saturated carbocycles. The lowest BCUT2D eigenvalue weighted by Crippen LogP contribution is -2.11. The summed E-state index contributed by atoms with van der Waals surface area (Å²) in [7, 11) is 2.97. The van der Waals surface area contributed by atoms with Gasteiger partial charge in [-0.25, -0.2) is 4.79 Å². The quantitative estimate of drug-likeness (QED) is 0.751. The Morgan fingerprint density at radius 1 is 1.33 bits per heavy atom. The van der Waals surface area contributed by atoms with E-state index in [1.165, 1.54) is 14.2 Å². The summed E-state index contributed by atoms with van der Waals surface area (Å²) in [5, 5.41) is 8.62. The molecule has 0 aliphatic carbocycles. The highest BCUT2D eigenvalue weighted by Crippen LogP contribution is 2.38. The second-order valence-electron chi connectivity index (χ2n) is 3.50. The third-order valence-electron chi connectivity index (χ3n) is 2.24. The van der Waals surface area contributed by atoms with Crippen molar-refractivity contribution in [2.75, 3.05) is 20.8 Å². The number of carboxylic acids is 1. The summed E-state index contributed by atoms with van der Waals surface area (Å²) < 4.78 is 15.5. The van der Waals surface area contributed by atoms with Crippen molar-refractivity contribution in [2.24, 2.45) is 0 Å². The zero-order valence-corrected chi connectivity index (χ0v) is 10.4. The van der Waals surface area contributed by atoms with Gasteiger partial charge in [-0.05, 0) is 24.1 Å². The lowest BCUT2D eigenvalue weighted by Gasteiger charge is -2.14. The van der Waals surface area contributed by atoms with Crippen LogP contribution < -0.4 is 14.2 Å². The van der Waals surface area contributed by atoms with Gasteiger partial charge in [0.25, 0.3) is 0 Å². The monoisotopic (exact) mass is 252 g/mol. The number of rotatable bonds is 7. The third kappa shape index (κ3) is 3.41. The molecule has 0 aromatic heterocycles. The number of methoxy groups -OCH3 is 2. The predicted octanol–water partition coefficient (Wildman–Crippen LogP) is 1.90. The lowest BCUT2D eigenvalue weighted by molar-refractivity contribution is -0.139. The minimum atomic E-state index is -1.06. The molecule has 18 heavy (non-hydrogen) atoms. The highest BCUT2D eigenvalue weighted by Gasteiger charge is 2.15. The molecule has 0 aliphatic heterocycles. The fourth-order valence-electron chi connectivity index (χ4n) is 1.49. The number of aliphatic carboxylic acids is 1. The Morgan fingerprint density at radius 3 is 2.28 bits per heavy atom. The van der Waals surface area contributed by atoms with E-state index in [-0.39, 0.29) is 5.75 Å². The number of hydrogen-bond acceptors (Lipinski definition) is 4. The second-order valence-corrected chi connectivity index (χ2v) is 3.50. The molecule has 0 amide bonds. The van der Waals surface area contributed by atoms with Crippen LogP contribution in [0.2, 0.25) is 0 Å². The number of carboxylic acid groups (broad SMARTS) is 1. The zero-order chi connectivity index (χ0) is 13.5. The molecule has 5 nitrogen and oxygen atoms in total. The zero-order valence-electron chi connectivity index (χ0n) is 10.4. The molecule has 0 unspecified atom stereocenters. The summed E-state index contributed by atoms with van der Waals surface area (Å²) in [6.45, 7) is 3.21. The number of allylic oxidation sites excluding steroid dienone is 1. The first-order valence-corrected chi connectivity index (χ1v) is 5.32.